The fraction of sp³-hybridized carbons (Fsp3) is 0.500. The number of piperidine rings is 1. The van der Waals surface area contributed by atoms with Gasteiger partial charge in [0, 0.05) is 49.0 Å². The van der Waals surface area contributed by atoms with Gasteiger partial charge in [-0.05, 0) is 37.5 Å². The molecule has 1 aromatic heterocycles. The molecule has 29 heavy (non-hydrogen) atoms. The van der Waals surface area contributed by atoms with Gasteiger partial charge >= 0.3 is 6.03 Å². The van der Waals surface area contributed by atoms with E-state index in [4.69, 9.17) is 4.98 Å². The largest absolute Gasteiger partial charge is 0.355 e. The first-order valence-electron chi connectivity index (χ1n) is 10.3. The van der Waals surface area contributed by atoms with Crippen LogP contribution in [-0.4, -0.2) is 41.5 Å². The summed E-state index contributed by atoms with van der Waals surface area (Å²) in [6, 6.07) is 7.83. The molecule has 2 aromatic rings. The van der Waals surface area contributed by atoms with E-state index in [0.717, 1.165) is 54.3 Å². The van der Waals surface area contributed by atoms with Crippen LogP contribution in [0.15, 0.2) is 29.6 Å². The molecule has 1 saturated heterocycles. The van der Waals surface area contributed by atoms with Crippen LogP contribution >= 0.6 is 11.3 Å². The van der Waals surface area contributed by atoms with Crippen LogP contribution in [-0.2, 0) is 11.2 Å². The van der Waals surface area contributed by atoms with Crippen LogP contribution in [0, 0.1) is 12.8 Å². The molecular formula is C22H30N4O2S. The van der Waals surface area contributed by atoms with Crippen LogP contribution in [0.1, 0.15) is 48.9 Å². The van der Waals surface area contributed by atoms with Gasteiger partial charge in [0.1, 0.15) is 0 Å². The lowest BCUT2D eigenvalue weighted by atomic mass is 9.98. The molecule has 0 aliphatic carbocycles. The smallest absolute Gasteiger partial charge is 0.321 e. The number of aromatic nitrogens is 1. The van der Waals surface area contributed by atoms with Gasteiger partial charge in [-0.2, -0.15) is 0 Å². The summed E-state index contributed by atoms with van der Waals surface area (Å²) in [4.78, 5) is 30.8. The zero-order valence-corrected chi connectivity index (χ0v) is 18.2. The molecule has 1 aliphatic rings. The maximum atomic E-state index is 12.5. The van der Waals surface area contributed by atoms with E-state index < -0.39 is 0 Å². The summed E-state index contributed by atoms with van der Waals surface area (Å²) in [6.45, 7) is 7.90. The van der Waals surface area contributed by atoms with Gasteiger partial charge in [0.25, 0.3) is 0 Å². The van der Waals surface area contributed by atoms with Crippen LogP contribution in [0.4, 0.5) is 10.5 Å². The Balaban J connectivity index is 1.45. The molecule has 0 spiro atoms. The molecule has 2 heterocycles. The highest BCUT2D eigenvalue weighted by atomic mass is 32.1. The number of nitrogens with zero attached hydrogens (tertiary/aromatic N) is 2. The van der Waals surface area contributed by atoms with Gasteiger partial charge in [0.2, 0.25) is 5.91 Å². The van der Waals surface area contributed by atoms with E-state index >= 15 is 0 Å². The molecule has 7 heteroatoms. The minimum atomic E-state index is -0.0326. The topological polar surface area (TPSA) is 74.3 Å². The Morgan fingerprint density at radius 2 is 2.03 bits per heavy atom. The first-order chi connectivity index (χ1) is 13.9. The Hall–Kier alpha value is -2.41. The van der Waals surface area contributed by atoms with Gasteiger partial charge in [-0.25, -0.2) is 9.78 Å². The van der Waals surface area contributed by atoms with Gasteiger partial charge in [-0.1, -0.05) is 26.0 Å². The fourth-order valence-corrected chi connectivity index (χ4v) is 4.42. The number of thiazole rings is 1. The summed E-state index contributed by atoms with van der Waals surface area (Å²) in [7, 11) is 0. The maximum absolute atomic E-state index is 12.5. The van der Waals surface area contributed by atoms with E-state index in [-0.39, 0.29) is 17.9 Å². The molecule has 0 saturated carbocycles. The maximum Gasteiger partial charge on any atom is 0.321 e. The van der Waals surface area contributed by atoms with Crippen LogP contribution in [0.5, 0.6) is 0 Å². The molecule has 2 N–H and O–H groups in total. The number of anilines is 1. The highest BCUT2D eigenvalue weighted by Gasteiger charge is 2.25. The van der Waals surface area contributed by atoms with Gasteiger partial charge in [-0.15, -0.1) is 11.3 Å². The molecule has 3 amide bonds. The average Bonchev–Trinajstić information content (AvgIpc) is 3.17. The van der Waals surface area contributed by atoms with E-state index in [1.807, 2.05) is 49.9 Å². The second-order valence-electron chi connectivity index (χ2n) is 7.93. The highest BCUT2D eigenvalue weighted by Crippen LogP contribution is 2.30. The summed E-state index contributed by atoms with van der Waals surface area (Å²) >= 11 is 1.69. The Morgan fingerprint density at radius 1 is 1.28 bits per heavy atom. The third kappa shape index (κ3) is 6.03. The highest BCUT2D eigenvalue weighted by molar-refractivity contribution is 7.09. The second kappa shape index (κ2) is 9.87. The number of rotatable bonds is 6. The van der Waals surface area contributed by atoms with Crippen LogP contribution in [0.3, 0.4) is 0 Å². The van der Waals surface area contributed by atoms with Gasteiger partial charge in [0.15, 0.2) is 0 Å². The molecule has 6 nitrogen and oxygen atoms in total. The SMILES string of the molecule is Cc1cccc(NC(=O)N2CCC(c3nc(CCNC(=O)C(C)C)cs3)CC2)c1. The van der Waals surface area contributed by atoms with E-state index in [0.29, 0.717) is 12.5 Å². The summed E-state index contributed by atoms with van der Waals surface area (Å²) < 4.78 is 0. The van der Waals surface area contributed by atoms with E-state index in [1.54, 1.807) is 11.3 Å². The number of carbonyl (C=O) groups excluding carboxylic acids is 2. The number of urea groups is 1. The van der Waals surface area contributed by atoms with Crippen molar-refractivity contribution in [1.29, 1.82) is 0 Å². The number of benzene rings is 1. The van der Waals surface area contributed by atoms with Crippen molar-refractivity contribution in [3.8, 4) is 0 Å². The summed E-state index contributed by atoms with van der Waals surface area (Å²) in [5.74, 6) is 0.494. The minimum absolute atomic E-state index is 0.00861. The lowest BCUT2D eigenvalue weighted by Gasteiger charge is -2.31. The molecule has 3 rings (SSSR count). The molecule has 0 radical (unpaired) electrons. The molecule has 156 valence electrons. The zero-order chi connectivity index (χ0) is 20.8. The standard InChI is InChI=1S/C22H30N4O2S/c1-15(2)20(27)23-10-7-19-14-29-21(24-19)17-8-11-26(12-9-17)22(28)25-18-6-4-5-16(3)13-18/h4-6,13-15,17H,7-12H2,1-3H3,(H,23,27)(H,25,28). The first-order valence-corrected chi connectivity index (χ1v) is 11.1. The van der Waals surface area contributed by atoms with Crippen molar-refractivity contribution in [2.24, 2.45) is 5.92 Å². The predicted molar refractivity (Wildman–Crippen MR) is 117 cm³/mol. The molecule has 1 fully saturated rings. The fourth-order valence-electron chi connectivity index (χ4n) is 3.40. The predicted octanol–water partition coefficient (Wildman–Crippen LogP) is 4.18. The number of hydrogen-bond acceptors (Lipinski definition) is 4. The van der Waals surface area contributed by atoms with E-state index in [1.165, 1.54) is 0 Å². The normalized spacial score (nSPS) is 14.8. The quantitative estimate of drug-likeness (QED) is 0.745. The third-order valence-corrected chi connectivity index (χ3v) is 6.23. The number of carbonyl (C=O) groups is 2. The average molecular weight is 415 g/mol. The Morgan fingerprint density at radius 3 is 2.72 bits per heavy atom. The van der Waals surface area contributed by atoms with Gasteiger partial charge in [0.05, 0.1) is 10.7 Å². The molecular weight excluding hydrogens is 384 g/mol. The molecule has 1 aliphatic heterocycles. The lowest BCUT2D eigenvalue weighted by Crippen LogP contribution is -2.40. The molecule has 0 unspecified atom stereocenters. The van der Waals surface area contributed by atoms with Gasteiger partial charge < -0.3 is 15.5 Å². The van der Waals surface area contributed by atoms with Crippen molar-refractivity contribution >= 4 is 29.0 Å². The van der Waals surface area contributed by atoms with E-state index in [9.17, 15) is 9.59 Å². The number of aryl methyl sites for hydroxylation is 1. The number of hydrogen-bond donors (Lipinski definition) is 2. The number of amides is 3. The Kier molecular flexibility index (Phi) is 7.25. The summed E-state index contributed by atoms with van der Waals surface area (Å²) in [5, 5.41) is 9.16. The van der Waals surface area contributed by atoms with Crippen LogP contribution < -0.4 is 10.6 Å². The number of nitrogens with one attached hydrogen (secondary N) is 2. The first kappa shape index (κ1) is 21.3. The van der Waals surface area contributed by atoms with E-state index in [2.05, 4.69) is 16.0 Å². The van der Waals surface area contributed by atoms with Crippen molar-refractivity contribution < 1.29 is 9.59 Å². The summed E-state index contributed by atoms with van der Waals surface area (Å²) in [6.07, 6.45) is 2.61. The third-order valence-electron chi connectivity index (χ3n) is 5.18. The minimum Gasteiger partial charge on any atom is -0.355 e. The lowest BCUT2D eigenvalue weighted by molar-refractivity contribution is -0.123. The van der Waals surface area contributed by atoms with Crippen molar-refractivity contribution in [1.82, 2.24) is 15.2 Å². The monoisotopic (exact) mass is 414 g/mol. The molecule has 0 atom stereocenters. The Labute approximate surface area is 176 Å². The molecule has 0 bridgehead atoms. The van der Waals surface area contributed by atoms with Gasteiger partial charge in [-0.3, -0.25) is 4.79 Å². The van der Waals surface area contributed by atoms with Crippen LogP contribution in [0.25, 0.3) is 0 Å². The van der Waals surface area contributed by atoms with Crippen molar-refractivity contribution in [3.63, 3.8) is 0 Å². The van der Waals surface area contributed by atoms with Crippen LogP contribution in [0.2, 0.25) is 0 Å². The van der Waals surface area contributed by atoms with Crippen molar-refractivity contribution in [2.75, 3.05) is 25.0 Å². The zero-order valence-electron chi connectivity index (χ0n) is 17.4. The van der Waals surface area contributed by atoms with Crippen molar-refractivity contribution in [2.45, 2.75) is 46.0 Å². The second-order valence-corrected chi connectivity index (χ2v) is 8.82. The Bertz CT molecular complexity index is 841. The number of likely N-dealkylation sites (tertiary alicyclic amines) is 1. The summed E-state index contributed by atoms with van der Waals surface area (Å²) in [5.41, 5.74) is 3.00. The van der Waals surface area contributed by atoms with Crippen molar-refractivity contribution in [3.05, 3.63) is 45.9 Å². The molecule has 1 aromatic carbocycles.